The molecule has 18 heavy (non-hydrogen) atoms. The van der Waals surface area contributed by atoms with Crippen LogP contribution in [-0.2, 0) is 0 Å². The summed E-state index contributed by atoms with van der Waals surface area (Å²) in [6, 6.07) is 9.27. The standard InChI is InChI=1S/C14H17NO2S/c1-14(2,10-15)8-5-9-18-12-7-4-3-6-11(12)13(16)17/h3-4,6-7H,5,8-9H2,1-2H3,(H,16,17). The Morgan fingerprint density at radius 1 is 1.44 bits per heavy atom. The SMILES string of the molecule is CC(C)(C#N)CCCSc1ccccc1C(=O)O. The predicted molar refractivity (Wildman–Crippen MR) is 72.8 cm³/mol. The molecular weight excluding hydrogens is 246 g/mol. The lowest BCUT2D eigenvalue weighted by Crippen LogP contribution is -2.07. The van der Waals surface area contributed by atoms with E-state index in [1.807, 2.05) is 26.0 Å². The molecule has 1 aromatic carbocycles. The Bertz CT molecular complexity index is 463. The fraction of sp³-hybridized carbons (Fsp3) is 0.429. The fourth-order valence-corrected chi connectivity index (χ4v) is 2.52. The lowest BCUT2D eigenvalue weighted by molar-refractivity contribution is 0.0693. The number of hydrogen-bond acceptors (Lipinski definition) is 3. The van der Waals surface area contributed by atoms with Gasteiger partial charge in [0.15, 0.2) is 0 Å². The average molecular weight is 263 g/mol. The van der Waals surface area contributed by atoms with Gasteiger partial charge in [-0.3, -0.25) is 0 Å². The van der Waals surface area contributed by atoms with Crippen molar-refractivity contribution >= 4 is 17.7 Å². The number of rotatable bonds is 6. The molecule has 0 radical (unpaired) electrons. The average Bonchev–Trinajstić information content (AvgIpc) is 2.35. The molecule has 0 unspecified atom stereocenters. The lowest BCUT2D eigenvalue weighted by atomic mass is 9.90. The van der Waals surface area contributed by atoms with Crippen LogP contribution >= 0.6 is 11.8 Å². The van der Waals surface area contributed by atoms with Crippen LogP contribution in [0, 0.1) is 16.7 Å². The summed E-state index contributed by atoms with van der Waals surface area (Å²) in [4.78, 5) is 11.8. The first-order valence-corrected chi connectivity index (χ1v) is 6.81. The van der Waals surface area contributed by atoms with Gasteiger partial charge in [0, 0.05) is 4.90 Å². The maximum absolute atomic E-state index is 11.0. The van der Waals surface area contributed by atoms with E-state index in [4.69, 9.17) is 10.4 Å². The Labute approximate surface area is 112 Å². The fourth-order valence-electron chi connectivity index (χ4n) is 1.52. The number of benzene rings is 1. The van der Waals surface area contributed by atoms with Crippen molar-refractivity contribution in [1.82, 2.24) is 0 Å². The predicted octanol–water partition coefficient (Wildman–Crippen LogP) is 3.81. The van der Waals surface area contributed by atoms with Gasteiger partial charge in [-0.05, 0) is 44.6 Å². The third-order valence-corrected chi connectivity index (χ3v) is 3.78. The van der Waals surface area contributed by atoms with Gasteiger partial charge in [0.2, 0.25) is 0 Å². The molecule has 0 aliphatic rings. The monoisotopic (exact) mass is 263 g/mol. The summed E-state index contributed by atoms with van der Waals surface area (Å²) in [6.07, 6.45) is 1.73. The van der Waals surface area contributed by atoms with E-state index >= 15 is 0 Å². The first-order valence-electron chi connectivity index (χ1n) is 5.83. The first-order chi connectivity index (χ1) is 8.46. The van der Waals surface area contributed by atoms with E-state index in [0.717, 1.165) is 23.5 Å². The highest BCUT2D eigenvalue weighted by Gasteiger charge is 2.16. The van der Waals surface area contributed by atoms with Crippen molar-refractivity contribution in [2.24, 2.45) is 5.41 Å². The smallest absolute Gasteiger partial charge is 0.336 e. The second-order valence-corrected chi connectivity index (χ2v) is 5.89. The molecule has 3 nitrogen and oxygen atoms in total. The topological polar surface area (TPSA) is 61.1 Å². The zero-order valence-electron chi connectivity index (χ0n) is 10.6. The second-order valence-electron chi connectivity index (χ2n) is 4.75. The maximum atomic E-state index is 11.0. The normalized spacial score (nSPS) is 10.9. The highest BCUT2D eigenvalue weighted by atomic mass is 32.2. The maximum Gasteiger partial charge on any atom is 0.336 e. The van der Waals surface area contributed by atoms with Gasteiger partial charge >= 0.3 is 5.97 Å². The van der Waals surface area contributed by atoms with Crippen molar-refractivity contribution in [3.63, 3.8) is 0 Å². The van der Waals surface area contributed by atoms with Crippen LogP contribution in [0.3, 0.4) is 0 Å². The summed E-state index contributed by atoms with van der Waals surface area (Å²) in [5.41, 5.74) is 0.0504. The van der Waals surface area contributed by atoms with Crippen LogP contribution in [0.4, 0.5) is 0 Å². The van der Waals surface area contributed by atoms with Crippen LogP contribution in [0.2, 0.25) is 0 Å². The molecule has 0 bridgehead atoms. The number of aromatic carboxylic acids is 1. The molecule has 0 heterocycles. The van der Waals surface area contributed by atoms with Gasteiger partial charge in [-0.2, -0.15) is 5.26 Å². The van der Waals surface area contributed by atoms with Crippen molar-refractivity contribution in [2.75, 3.05) is 5.75 Å². The molecule has 0 atom stereocenters. The zero-order chi connectivity index (χ0) is 13.6. The van der Waals surface area contributed by atoms with Gasteiger partial charge in [0.1, 0.15) is 0 Å². The number of hydrogen-bond donors (Lipinski definition) is 1. The van der Waals surface area contributed by atoms with Crippen LogP contribution in [-0.4, -0.2) is 16.8 Å². The number of carboxylic acid groups (broad SMARTS) is 1. The molecule has 0 spiro atoms. The molecule has 96 valence electrons. The zero-order valence-corrected chi connectivity index (χ0v) is 11.5. The molecule has 0 saturated carbocycles. The molecule has 1 aromatic rings. The Kier molecular flexibility index (Phi) is 5.24. The van der Waals surface area contributed by atoms with Gasteiger partial charge in [0.25, 0.3) is 0 Å². The minimum Gasteiger partial charge on any atom is -0.478 e. The Hall–Kier alpha value is -1.47. The molecule has 0 saturated heterocycles. The summed E-state index contributed by atoms with van der Waals surface area (Å²) < 4.78 is 0. The minimum absolute atomic E-state index is 0.299. The summed E-state index contributed by atoms with van der Waals surface area (Å²) in [6.45, 7) is 3.84. The third-order valence-electron chi connectivity index (χ3n) is 2.62. The Morgan fingerprint density at radius 2 is 2.11 bits per heavy atom. The van der Waals surface area contributed by atoms with Gasteiger partial charge in [-0.15, -0.1) is 11.8 Å². The summed E-state index contributed by atoms with van der Waals surface area (Å²) in [5, 5.41) is 17.9. The van der Waals surface area contributed by atoms with Crippen LogP contribution < -0.4 is 0 Å². The van der Waals surface area contributed by atoms with Gasteiger partial charge in [-0.25, -0.2) is 4.79 Å². The third kappa shape index (κ3) is 4.42. The highest BCUT2D eigenvalue weighted by Crippen LogP contribution is 2.27. The minimum atomic E-state index is -0.893. The number of carbonyl (C=O) groups is 1. The molecule has 0 aliphatic carbocycles. The van der Waals surface area contributed by atoms with Crippen LogP contribution in [0.15, 0.2) is 29.2 Å². The molecule has 0 aromatic heterocycles. The summed E-state index contributed by atoms with van der Waals surface area (Å²) in [5.74, 6) is -0.0643. The van der Waals surface area contributed by atoms with Crippen molar-refractivity contribution < 1.29 is 9.90 Å². The van der Waals surface area contributed by atoms with E-state index in [0.29, 0.717) is 5.56 Å². The van der Waals surface area contributed by atoms with E-state index in [1.165, 1.54) is 11.8 Å². The number of thioether (sulfide) groups is 1. The summed E-state index contributed by atoms with van der Waals surface area (Å²) in [7, 11) is 0. The van der Waals surface area contributed by atoms with Gasteiger partial charge in [0.05, 0.1) is 17.0 Å². The first kappa shape index (κ1) is 14.6. The van der Waals surface area contributed by atoms with Crippen LogP contribution in [0.25, 0.3) is 0 Å². The van der Waals surface area contributed by atoms with Crippen LogP contribution in [0.5, 0.6) is 0 Å². The van der Waals surface area contributed by atoms with Crippen molar-refractivity contribution in [2.45, 2.75) is 31.6 Å². The molecular formula is C14H17NO2S. The molecule has 1 rings (SSSR count). The van der Waals surface area contributed by atoms with E-state index in [1.54, 1.807) is 12.1 Å². The summed E-state index contributed by atoms with van der Waals surface area (Å²) >= 11 is 1.54. The molecule has 0 aliphatic heterocycles. The number of nitrogens with zero attached hydrogens (tertiary/aromatic N) is 1. The lowest BCUT2D eigenvalue weighted by Gasteiger charge is -2.14. The van der Waals surface area contributed by atoms with Crippen molar-refractivity contribution in [3.05, 3.63) is 29.8 Å². The van der Waals surface area contributed by atoms with E-state index in [9.17, 15) is 4.79 Å². The second kappa shape index (κ2) is 6.46. The quantitative estimate of drug-likeness (QED) is 0.626. The molecule has 0 amide bonds. The van der Waals surface area contributed by atoms with Crippen molar-refractivity contribution in [1.29, 1.82) is 5.26 Å². The van der Waals surface area contributed by atoms with E-state index < -0.39 is 5.97 Å². The number of nitriles is 1. The largest absolute Gasteiger partial charge is 0.478 e. The molecule has 0 fully saturated rings. The van der Waals surface area contributed by atoms with Crippen molar-refractivity contribution in [3.8, 4) is 6.07 Å². The Balaban J connectivity index is 2.50. The Morgan fingerprint density at radius 3 is 2.72 bits per heavy atom. The number of carboxylic acids is 1. The van der Waals surface area contributed by atoms with E-state index in [2.05, 4.69) is 6.07 Å². The highest BCUT2D eigenvalue weighted by molar-refractivity contribution is 7.99. The van der Waals surface area contributed by atoms with Gasteiger partial charge in [-0.1, -0.05) is 12.1 Å². The van der Waals surface area contributed by atoms with E-state index in [-0.39, 0.29) is 5.41 Å². The van der Waals surface area contributed by atoms with Gasteiger partial charge < -0.3 is 5.11 Å². The van der Waals surface area contributed by atoms with Crippen LogP contribution in [0.1, 0.15) is 37.0 Å². The molecule has 1 N–H and O–H groups in total. The molecule has 4 heteroatoms.